The zero-order valence-electron chi connectivity index (χ0n) is 9.85. The summed E-state index contributed by atoms with van der Waals surface area (Å²) in [5.74, 6) is 0. The van der Waals surface area contributed by atoms with Crippen LogP contribution in [0.25, 0.3) is 0 Å². The van der Waals surface area contributed by atoms with Crippen LogP contribution in [0.2, 0.25) is 5.02 Å². The molecule has 4 heteroatoms. The maximum Gasteiger partial charge on any atom is 0.269 e. The van der Waals surface area contributed by atoms with E-state index >= 15 is 0 Å². The summed E-state index contributed by atoms with van der Waals surface area (Å²) in [6.07, 6.45) is 1.68. The highest BCUT2D eigenvalue weighted by molar-refractivity contribution is 6.31. The van der Waals surface area contributed by atoms with E-state index in [1.54, 1.807) is 25.3 Å². The lowest BCUT2D eigenvalue weighted by atomic mass is 10.1. The first kappa shape index (κ1) is 12.4. The lowest BCUT2D eigenvalue weighted by Crippen LogP contribution is -2.23. The molecule has 0 amide bonds. The Morgan fingerprint density at radius 2 is 2.06 bits per heavy atom. The van der Waals surface area contributed by atoms with E-state index in [-0.39, 0.29) is 11.1 Å². The van der Waals surface area contributed by atoms with Crippen molar-refractivity contribution in [1.82, 2.24) is 4.57 Å². The van der Waals surface area contributed by atoms with Crippen LogP contribution in [0.4, 0.5) is 0 Å². The molecule has 18 heavy (non-hydrogen) atoms. The molecule has 1 aromatic carbocycles. The van der Waals surface area contributed by atoms with Crippen LogP contribution in [-0.2, 0) is 6.54 Å². The van der Waals surface area contributed by atoms with Gasteiger partial charge in [-0.1, -0.05) is 29.8 Å². The van der Waals surface area contributed by atoms with Crippen molar-refractivity contribution in [3.8, 4) is 6.07 Å². The summed E-state index contributed by atoms with van der Waals surface area (Å²) in [7, 11) is 0. The molecule has 0 radical (unpaired) electrons. The van der Waals surface area contributed by atoms with Gasteiger partial charge in [0.15, 0.2) is 0 Å². The van der Waals surface area contributed by atoms with Gasteiger partial charge >= 0.3 is 0 Å². The van der Waals surface area contributed by atoms with Gasteiger partial charge in [0.2, 0.25) is 0 Å². The predicted molar refractivity (Wildman–Crippen MR) is 70.7 cm³/mol. The normalized spacial score (nSPS) is 10.1. The van der Waals surface area contributed by atoms with E-state index in [4.69, 9.17) is 16.9 Å². The van der Waals surface area contributed by atoms with E-state index in [9.17, 15) is 4.79 Å². The quantitative estimate of drug-likeness (QED) is 0.831. The van der Waals surface area contributed by atoms with Gasteiger partial charge in [-0.2, -0.15) is 5.26 Å². The molecule has 0 saturated heterocycles. The number of aryl methyl sites for hydroxylation is 1. The molecule has 0 bridgehead atoms. The van der Waals surface area contributed by atoms with Gasteiger partial charge in [0, 0.05) is 11.2 Å². The molecule has 2 rings (SSSR count). The van der Waals surface area contributed by atoms with E-state index < -0.39 is 0 Å². The molecule has 2 aromatic rings. The molecule has 0 unspecified atom stereocenters. The standard InChI is InChI=1S/C14H11ClN2O/c1-10-6-7-17(14(18)12(10)8-16)9-11-4-2-3-5-13(11)15/h2-7H,9H2,1H3. The number of aromatic nitrogens is 1. The van der Waals surface area contributed by atoms with Crippen molar-refractivity contribution in [2.75, 3.05) is 0 Å². The maximum absolute atomic E-state index is 12.0. The molecule has 90 valence electrons. The molecule has 3 nitrogen and oxygen atoms in total. The Morgan fingerprint density at radius 1 is 1.33 bits per heavy atom. The summed E-state index contributed by atoms with van der Waals surface area (Å²) >= 11 is 6.05. The molecule has 0 atom stereocenters. The van der Waals surface area contributed by atoms with Gasteiger partial charge in [-0.05, 0) is 30.2 Å². The van der Waals surface area contributed by atoms with Gasteiger partial charge in [0.1, 0.15) is 11.6 Å². The Labute approximate surface area is 110 Å². The van der Waals surface area contributed by atoms with Gasteiger partial charge in [-0.3, -0.25) is 4.79 Å². The van der Waals surface area contributed by atoms with Crippen molar-refractivity contribution in [3.63, 3.8) is 0 Å². The molecule has 0 spiro atoms. The molecule has 0 fully saturated rings. The predicted octanol–water partition coefficient (Wildman–Crippen LogP) is 2.73. The van der Waals surface area contributed by atoms with Gasteiger partial charge in [-0.25, -0.2) is 0 Å². The number of nitrogens with zero attached hydrogens (tertiary/aromatic N) is 2. The van der Waals surface area contributed by atoms with Crippen molar-refractivity contribution in [2.24, 2.45) is 0 Å². The molecular formula is C14H11ClN2O. The minimum Gasteiger partial charge on any atom is -0.310 e. The lowest BCUT2D eigenvalue weighted by molar-refractivity contribution is 0.754. The van der Waals surface area contributed by atoms with E-state index in [0.717, 1.165) is 5.56 Å². The second-order valence-electron chi connectivity index (χ2n) is 4.01. The number of rotatable bonds is 2. The van der Waals surface area contributed by atoms with Crippen LogP contribution in [-0.4, -0.2) is 4.57 Å². The molecule has 1 aromatic heterocycles. The van der Waals surface area contributed by atoms with E-state index in [1.807, 2.05) is 24.3 Å². The van der Waals surface area contributed by atoms with E-state index in [1.165, 1.54) is 4.57 Å². The topological polar surface area (TPSA) is 45.8 Å². The van der Waals surface area contributed by atoms with Crippen molar-refractivity contribution < 1.29 is 0 Å². The van der Waals surface area contributed by atoms with Gasteiger partial charge in [-0.15, -0.1) is 0 Å². The van der Waals surface area contributed by atoms with Crippen molar-refractivity contribution in [2.45, 2.75) is 13.5 Å². The van der Waals surface area contributed by atoms with Crippen LogP contribution in [0.1, 0.15) is 16.7 Å². The number of pyridine rings is 1. The van der Waals surface area contributed by atoms with Crippen LogP contribution in [0.5, 0.6) is 0 Å². The number of hydrogen-bond acceptors (Lipinski definition) is 2. The molecular weight excluding hydrogens is 248 g/mol. The van der Waals surface area contributed by atoms with Gasteiger partial charge in [0.05, 0.1) is 6.54 Å². The Kier molecular flexibility index (Phi) is 3.50. The third-order valence-corrected chi connectivity index (χ3v) is 3.15. The molecule has 1 heterocycles. The van der Waals surface area contributed by atoms with Crippen molar-refractivity contribution in [3.05, 3.63) is 68.6 Å². The number of benzene rings is 1. The molecule has 0 aliphatic heterocycles. The average Bonchev–Trinajstić information content (AvgIpc) is 2.36. The molecule has 0 aliphatic rings. The van der Waals surface area contributed by atoms with Crippen LogP contribution < -0.4 is 5.56 Å². The summed E-state index contributed by atoms with van der Waals surface area (Å²) in [5.41, 5.74) is 1.45. The van der Waals surface area contributed by atoms with Gasteiger partial charge < -0.3 is 4.57 Å². The van der Waals surface area contributed by atoms with Crippen LogP contribution in [0.15, 0.2) is 41.3 Å². The first-order valence-corrected chi connectivity index (χ1v) is 5.85. The fourth-order valence-electron chi connectivity index (χ4n) is 1.74. The van der Waals surface area contributed by atoms with Crippen molar-refractivity contribution in [1.29, 1.82) is 5.26 Å². The summed E-state index contributed by atoms with van der Waals surface area (Å²) in [5, 5.41) is 9.57. The fraction of sp³-hybridized carbons (Fsp3) is 0.143. The second-order valence-corrected chi connectivity index (χ2v) is 4.42. The van der Waals surface area contributed by atoms with Crippen LogP contribution >= 0.6 is 11.6 Å². The first-order chi connectivity index (χ1) is 8.63. The number of hydrogen-bond donors (Lipinski definition) is 0. The largest absolute Gasteiger partial charge is 0.310 e. The Hall–Kier alpha value is -2.05. The molecule has 0 saturated carbocycles. The highest BCUT2D eigenvalue weighted by atomic mass is 35.5. The summed E-state index contributed by atoms with van der Waals surface area (Å²) in [6.45, 7) is 2.12. The number of halogens is 1. The Bertz CT molecular complexity index is 683. The lowest BCUT2D eigenvalue weighted by Gasteiger charge is -2.08. The van der Waals surface area contributed by atoms with Crippen molar-refractivity contribution >= 4 is 11.6 Å². The third-order valence-electron chi connectivity index (χ3n) is 2.78. The smallest absolute Gasteiger partial charge is 0.269 e. The van der Waals surface area contributed by atoms with Gasteiger partial charge in [0.25, 0.3) is 5.56 Å². The summed E-state index contributed by atoms with van der Waals surface area (Å²) in [6, 6.07) is 11.0. The Balaban J connectivity index is 2.46. The molecule has 0 aliphatic carbocycles. The summed E-state index contributed by atoms with van der Waals surface area (Å²) < 4.78 is 1.49. The van der Waals surface area contributed by atoms with E-state index in [0.29, 0.717) is 17.1 Å². The maximum atomic E-state index is 12.0. The monoisotopic (exact) mass is 258 g/mol. The highest BCUT2D eigenvalue weighted by Crippen LogP contribution is 2.15. The minimum atomic E-state index is -0.280. The highest BCUT2D eigenvalue weighted by Gasteiger charge is 2.07. The zero-order valence-corrected chi connectivity index (χ0v) is 10.6. The first-order valence-electron chi connectivity index (χ1n) is 5.47. The SMILES string of the molecule is Cc1ccn(Cc2ccccc2Cl)c(=O)c1C#N. The van der Waals surface area contributed by atoms with Crippen LogP contribution in [0, 0.1) is 18.3 Å². The molecule has 0 N–H and O–H groups in total. The minimum absolute atomic E-state index is 0.185. The van der Waals surface area contributed by atoms with E-state index in [2.05, 4.69) is 0 Å². The van der Waals surface area contributed by atoms with Crippen LogP contribution in [0.3, 0.4) is 0 Å². The fourth-order valence-corrected chi connectivity index (χ4v) is 1.93. The number of nitriles is 1. The summed E-state index contributed by atoms with van der Waals surface area (Å²) in [4.78, 5) is 12.0. The second kappa shape index (κ2) is 5.07. The average molecular weight is 259 g/mol. The zero-order chi connectivity index (χ0) is 13.1. The third kappa shape index (κ3) is 2.29. The Morgan fingerprint density at radius 3 is 2.72 bits per heavy atom.